The van der Waals surface area contributed by atoms with Crippen molar-refractivity contribution in [1.29, 1.82) is 0 Å². The first-order valence-corrected chi connectivity index (χ1v) is 7.33. The summed E-state index contributed by atoms with van der Waals surface area (Å²) in [5, 5.41) is 9.04. The van der Waals surface area contributed by atoms with E-state index in [2.05, 4.69) is 15.9 Å². The monoisotopic (exact) mass is 332 g/mol. The van der Waals surface area contributed by atoms with Crippen LogP contribution in [-0.4, -0.2) is 22.4 Å². The molecule has 0 heterocycles. The van der Waals surface area contributed by atoms with Gasteiger partial charge in [-0.15, -0.1) is 11.8 Å². The maximum atomic E-state index is 11.5. The van der Waals surface area contributed by atoms with Crippen LogP contribution in [0.2, 0.25) is 0 Å². The number of hydrogen-bond acceptors (Lipinski definition) is 4. The molecule has 0 amide bonds. The lowest BCUT2D eigenvalue weighted by Gasteiger charge is -2.19. The van der Waals surface area contributed by atoms with Gasteiger partial charge in [0.1, 0.15) is 5.60 Å². The lowest BCUT2D eigenvalue weighted by molar-refractivity contribution is -0.151. The highest BCUT2D eigenvalue weighted by molar-refractivity contribution is 9.10. The van der Waals surface area contributed by atoms with Crippen molar-refractivity contribution < 1.29 is 14.6 Å². The van der Waals surface area contributed by atoms with Crippen molar-refractivity contribution in [3.63, 3.8) is 0 Å². The Morgan fingerprint density at radius 2 is 2.11 bits per heavy atom. The van der Waals surface area contributed by atoms with Gasteiger partial charge < -0.3 is 9.84 Å². The molecule has 100 valence electrons. The summed E-state index contributed by atoms with van der Waals surface area (Å²) in [6, 6.07) is 5.60. The summed E-state index contributed by atoms with van der Waals surface area (Å²) in [6.45, 7) is 5.55. The Kier molecular flexibility index (Phi) is 5.69. The van der Waals surface area contributed by atoms with Crippen LogP contribution >= 0.6 is 27.7 Å². The van der Waals surface area contributed by atoms with Gasteiger partial charge in [0.05, 0.1) is 12.4 Å². The van der Waals surface area contributed by atoms with Crippen LogP contribution in [0.25, 0.3) is 0 Å². The third-order valence-electron chi connectivity index (χ3n) is 1.97. The van der Waals surface area contributed by atoms with E-state index in [4.69, 9.17) is 9.84 Å². The Balaban J connectivity index is 2.54. The molecule has 1 rings (SSSR count). The first-order chi connectivity index (χ1) is 8.31. The quantitative estimate of drug-likeness (QED) is 0.678. The van der Waals surface area contributed by atoms with E-state index >= 15 is 0 Å². The van der Waals surface area contributed by atoms with Crippen LogP contribution < -0.4 is 0 Å². The number of halogens is 1. The van der Waals surface area contributed by atoms with Crippen LogP contribution in [0.5, 0.6) is 0 Å². The Morgan fingerprint density at radius 3 is 2.61 bits per heavy atom. The standard InChI is InChI=1S/C13H17BrO3S/c1-13(2,3)17-12(16)8-18-10-5-4-9(7-15)11(14)6-10/h4-6,15H,7-8H2,1-3H3. The number of carbonyl (C=O) groups excluding carboxylic acids is 1. The van der Waals surface area contributed by atoms with Gasteiger partial charge in [0.15, 0.2) is 0 Å². The van der Waals surface area contributed by atoms with Crippen molar-refractivity contribution in [2.75, 3.05) is 5.75 Å². The highest BCUT2D eigenvalue weighted by Crippen LogP contribution is 2.25. The summed E-state index contributed by atoms with van der Waals surface area (Å²) in [6.07, 6.45) is 0. The molecule has 1 aromatic carbocycles. The molecule has 3 nitrogen and oxygen atoms in total. The molecule has 0 radical (unpaired) electrons. The predicted molar refractivity (Wildman–Crippen MR) is 76.6 cm³/mol. The minimum Gasteiger partial charge on any atom is -0.459 e. The first kappa shape index (κ1) is 15.5. The topological polar surface area (TPSA) is 46.5 Å². The van der Waals surface area contributed by atoms with Crippen LogP contribution in [0.4, 0.5) is 0 Å². The minimum absolute atomic E-state index is 0.00239. The van der Waals surface area contributed by atoms with Crippen molar-refractivity contribution >= 4 is 33.7 Å². The molecule has 0 aliphatic rings. The lowest BCUT2D eigenvalue weighted by Crippen LogP contribution is -2.24. The molecule has 0 aromatic heterocycles. The van der Waals surface area contributed by atoms with E-state index in [1.165, 1.54) is 11.8 Å². The largest absolute Gasteiger partial charge is 0.459 e. The highest BCUT2D eigenvalue weighted by atomic mass is 79.9. The Labute approximate surface area is 120 Å². The van der Waals surface area contributed by atoms with E-state index in [0.717, 1.165) is 14.9 Å². The molecule has 0 unspecified atom stereocenters. The molecule has 1 N–H and O–H groups in total. The normalized spacial score (nSPS) is 11.4. The summed E-state index contributed by atoms with van der Waals surface area (Å²) in [4.78, 5) is 12.5. The van der Waals surface area contributed by atoms with Gasteiger partial charge in [-0.2, -0.15) is 0 Å². The number of ether oxygens (including phenoxy) is 1. The number of thioether (sulfide) groups is 1. The van der Waals surface area contributed by atoms with Crippen LogP contribution in [0.1, 0.15) is 26.3 Å². The zero-order valence-corrected chi connectivity index (χ0v) is 13.1. The third kappa shape index (κ3) is 5.42. The van der Waals surface area contributed by atoms with Crippen LogP contribution in [0, 0.1) is 0 Å². The van der Waals surface area contributed by atoms with E-state index in [9.17, 15) is 4.79 Å². The van der Waals surface area contributed by atoms with Gasteiger partial charge in [0, 0.05) is 9.37 Å². The number of aliphatic hydroxyl groups is 1. The maximum absolute atomic E-state index is 11.5. The second-order valence-corrected chi connectivity index (χ2v) is 6.69. The molecular weight excluding hydrogens is 316 g/mol. The zero-order valence-electron chi connectivity index (χ0n) is 10.7. The van der Waals surface area contributed by atoms with E-state index < -0.39 is 5.60 Å². The fraction of sp³-hybridized carbons (Fsp3) is 0.462. The Hall–Kier alpha value is -0.520. The van der Waals surface area contributed by atoms with Crippen LogP contribution in [-0.2, 0) is 16.1 Å². The summed E-state index contributed by atoms with van der Waals surface area (Å²) in [5.41, 5.74) is 0.385. The molecule has 0 saturated carbocycles. The molecule has 0 spiro atoms. The van der Waals surface area contributed by atoms with E-state index in [1.807, 2.05) is 39.0 Å². The molecule has 0 saturated heterocycles. The second-order valence-electron chi connectivity index (χ2n) is 4.79. The van der Waals surface area contributed by atoms with Crippen LogP contribution in [0.3, 0.4) is 0 Å². The van der Waals surface area contributed by atoms with Gasteiger partial charge >= 0.3 is 5.97 Å². The van der Waals surface area contributed by atoms with Gasteiger partial charge in [-0.05, 0) is 38.5 Å². The summed E-state index contributed by atoms with van der Waals surface area (Å²) in [7, 11) is 0. The van der Waals surface area contributed by atoms with Gasteiger partial charge in [-0.3, -0.25) is 4.79 Å². The average Bonchev–Trinajstić information content (AvgIpc) is 2.24. The molecule has 0 bridgehead atoms. The number of esters is 1. The summed E-state index contributed by atoms with van der Waals surface area (Å²) < 4.78 is 6.07. The number of benzene rings is 1. The van der Waals surface area contributed by atoms with Crippen molar-refractivity contribution in [2.45, 2.75) is 37.9 Å². The van der Waals surface area contributed by atoms with Crippen LogP contribution in [0.15, 0.2) is 27.6 Å². The average molecular weight is 333 g/mol. The van der Waals surface area contributed by atoms with Crippen molar-refractivity contribution in [1.82, 2.24) is 0 Å². The van der Waals surface area contributed by atoms with Crippen molar-refractivity contribution in [2.24, 2.45) is 0 Å². The third-order valence-corrected chi connectivity index (χ3v) is 3.68. The molecule has 0 aliphatic heterocycles. The molecule has 18 heavy (non-hydrogen) atoms. The summed E-state index contributed by atoms with van der Waals surface area (Å²) in [5.74, 6) is 0.0530. The Bertz CT molecular complexity index is 427. The molecule has 0 aliphatic carbocycles. The van der Waals surface area contributed by atoms with Gasteiger partial charge in [-0.1, -0.05) is 22.0 Å². The molecule has 0 fully saturated rings. The fourth-order valence-corrected chi connectivity index (χ4v) is 2.62. The van der Waals surface area contributed by atoms with E-state index in [-0.39, 0.29) is 18.3 Å². The van der Waals surface area contributed by atoms with Crippen molar-refractivity contribution in [3.05, 3.63) is 28.2 Å². The van der Waals surface area contributed by atoms with Gasteiger partial charge in [0.25, 0.3) is 0 Å². The highest BCUT2D eigenvalue weighted by Gasteiger charge is 2.16. The molecular formula is C13H17BrO3S. The van der Waals surface area contributed by atoms with Crippen molar-refractivity contribution in [3.8, 4) is 0 Å². The SMILES string of the molecule is CC(C)(C)OC(=O)CSc1ccc(CO)c(Br)c1. The number of carbonyl (C=O) groups is 1. The second kappa shape index (κ2) is 6.59. The molecule has 1 aromatic rings. The molecule has 5 heteroatoms. The fourth-order valence-electron chi connectivity index (χ4n) is 1.26. The molecule has 0 atom stereocenters. The predicted octanol–water partition coefficient (Wildman–Crippen LogP) is 3.38. The smallest absolute Gasteiger partial charge is 0.316 e. The van der Waals surface area contributed by atoms with E-state index in [0.29, 0.717) is 0 Å². The van der Waals surface area contributed by atoms with Gasteiger partial charge in [-0.25, -0.2) is 0 Å². The number of hydrogen-bond donors (Lipinski definition) is 1. The number of rotatable bonds is 4. The minimum atomic E-state index is -0.445. The lowest BCUT2D eigenvalue weighted by atomic mass is 10.2. The van der Waals surface area contributed by atoms with E-state index in [1.54, 1.807) is 0 Å². The summed E-state index contributed by atoms with van der Waals surface area (Å²) >= 11 is 4.79. The first-order valence-electron chi connectivity index (χ1n) is 5.56. The number of aliphatic hydroxyl groups excluding tert-OH is 1. The van der Waals surface area contributed by atoms with Gasteiger partial charge in [0.2, 0.25) is 0 Å². The maximum Gasteiger partial charge on any atom is 0.316 e. The zero-order chi connectivity index (χ0) is 13.8. The Morgan fingerprint density at radius 1 is 1.44 bits per heavy atom.